The van der Waals surface area contributed by atoms with Crippen LogP contribution in [-0.2, 0) is 10.1 Å². The number of hydrogen-bond donors (Lipinski definition) is 0. The molecule has 0 atom stereocenters. The summed E-state index contributed by atoms with van der Waals surface area (Å²) >= 11 is 0. The van der Waals surface area contributed by atoms with E-state index in [-0.39, 0.29) is 10.6 Å². The Balaban J connectivity index is 2.08. The highest BCUT2D eigenvalue weighted by molar-refractivity contribution is 7.87. The molecule has 6 nitrogen and oxygen atoms in total. The lowest BCUT2D eigenvalue weighted by Crippen LogP contribution is -2.12. The Morgan fingerprint density at radius 2 is 1.65 bits per heavy atom. The van der Waals surface area contributed by atoms with Crippen LogP contribution in [-0.4, -0.2) is 25.3 Å². The standard InChI is InChI=1S/C19H20N2O4S/c1-13-5-8-17(9-6-13)26(22,23)25-19-12-16(24-4)7-10-18(19)21-15(3)11-14(2)20-21/h5-12H,1-4H3. The van der Waals surface area contributed by atoms with E-state index in [1.165, 1.54) is 25.3 Å². The van der Waals surface area contributed by atoms with Crippen LogP contribution >= 0.6 is 0 Å². The molecule has 1 aromatic heterocycles. The molecule has 0 saturated carbocycles. The zero-order valence-corrected chi connectivity index (χ0v) is 15.9. The van der Waals surface area contributed by atoms with Crippen LogP contribution < -0.4 is 8.92 Å². The normalized spacial score (nSPS) is 11.4. The minimum absolute atomic E-state index is 0.0882. The quantitative estimate of drug-likeness (QED) is 0.640. The molecule has 0 aliphatic heterocycles. The first-order chi connectivity index (χ1) is 12.3. The van der Waals surface area contributed by atoms with Crippen molar-refractivity contribution >= 4 is 10.1 Å². The molecule has 136 valence electrons. The molecule has 0 bridgehead atoms. The molecule has 0 unspecified atom stereocenters. The van der Waals surface area contributed by atoms with E-state index < -0.39 is 10.1 Å². The van der Waals surface area contributed by atoms with Crippen LogP contribution in [0.1, 0.15) is 17.0 Å². The summed E-state index contributed by atoms with van der Waals surface area (Å²) < 4.78 is 37.7. The molecule has 0 spiro atoms. The third kappa shape index (κ3) is 3.57. The molecule has 7 heteroatoms. The molecule has 0 N–H and O–H groups in total. The zero-order chi connectivity index (χ0) is 18.9. The molecular formula is C19H20N2O4S. The number of nitrogens with zero attached hydrogens (tertiary/aromatic N) is 2. The summed E-state index contributed by atoms with van der Waals surface area (Å²) in [7, 11) is -2.48. The van der Waals surface area contributed by atoms with Gasteiger partial charge in [0.2, 0.25) is 0 Å². The second kappa shape index (κ2) is 6.84. The summed E-state index contributed by atoms with van der Waals surface area (Å²) in [5.74, 6) is 0.639. The Morgan fingerprint density at radius 1 is 0.962 bits per heavy atom. The predicted octanol–water partition coefficient (Wildman–Crippen LogP) is 3.57. The molecule has 0 radical (unpaired) electrons. The molecular weight excluding hydrogens is 352 g/mol. The van der Waals surface area contributed by atoms with E-state index >= 15 is 0 Å². The van der Waals surface area contributed by atoms with Crippen molar-refractivity contribution in [2.75, 3.05) is 7.11 Å². The van der Waals surface area contributed by atoms with Crippen LogP contribution in [0.3, 0.4) is 0 Å². The molecule has 0 saturated heterocycles. The SMILES string of the molecule is COc1ccc(-n2nc(C)cc2C)c(OS(=O)(=O)c2ccc(C)cc2)c1. The van der Waals surface area contributed by atoms with Crippen LogP contribution in [0.15, 0.2) is 53.4 Å². The van der Waals surface area contributed by atoms with Gasteiger partial charge < -0.3 is 8.92 Å². The van der Waals surface area contributed by atoms with E-state index in [4.69, 9.17) is 8.92 Å². The zero-order valence-electron chi connectivity index (χ0n) is 15.1. The Hall–Kier alpha value is -2.80. The van der Waals surface area contributed by atoms with Gasteiger partial charge in [0, 0.05) is 11.8 Å². The maximum absolute atomic E-state index is 12.7. The number of methoxy groups -OCH3 is 1. The van der Waals surface area contributed by atoms with Crippen molar-refractivity contribution in [2.24, 2.45) is 0 Å². The van der Waals surface area contributed by atoms with Crippen molar-refractivity contribution in [1.29, 1.82) is 0 Å². The van der Waals surface area contributed by atoms with Crippen LogP contribution in [0, 0.1) is 20.8 Å². The molecule has 0 fully saturated rings. The molecule has 26 heavy (non-hydrogen) atoms. The summed E-state index contributed by atoms with van der Waals surface area (Å²) in [5, 5.41) is 4.41. The third-order valence-corrected chi connectivity index (χ3v) is 5.16. The minimum atomic E-state index is -3.99. The van der Waals surface area contributed by atoms with Gasteiger partial charge in [0.05, 0.1) is 12.8 Å². The van der Waals surface area contributed by atoms with E-state index in [0.717, 1.165) is 17.0 Å². The smallest absolute Gasteiger partial charge is 0.339 e. The predicted molar refractivity (Wildman–Crippen MR) is 98.6 cm³/mol. The van der Waals surface area contributed by atoms with E-state index in [1.807, 2.05) is 26.8 Å². The van der Waals surface area contributed by atoms with E-state index in [9.17, 15) is 8.42 Å². The first-order valence-electron chi connectivity index (χ1n) is 8.03. The van der Waals surface area contributed by atoms with Gasteiger partial charge in [-0.3, -0.25) is 0 Å². The van der Waals surface area contributed by atoms with Gasteiger partial charge in [-0.2, -0.15) is 13.5 Å². The summed E-state index contributed by atoms with van der Waals surface area (Å²) in [6.45, 7) is 5.65. The third-order valence-electron chi connectivity index (χ3n) is 3.91. The molecule has 2 aromatic carbocycles. The molecule has 0 aliphatic rings. The van der Waals surface area contributed by atoms with Crippen molar-refractivity contribution in [3.05, 3.63) is 65.5 Å². The fourth-order valence-corrected chi connectivity index (χ4v) is 3.54. The van der Waals surface area contributed by atoms with Gasteiger partial charge >= 0.3 is 10.1 Å². The highest BCUT2D eigenvalue weighted by Gasteiger charge is 2.21. The Bertz CT molecular complexity index is 1040. The van der Waals surface area contributed by atoms with Gasteiger partial charge in [-0.1, -0.05) is 17.7 Å². The van der Waals surface area contributed by atoms with Gasteiger partial charge in [0.1, 0.15) is 16.3 Å². The van der Waals surface area contributed by atoms with Crippen LogP contribution in [0.25, 0.3) is 5.69 Å². The number of ether oxygens (including phenoxy) is 1. The number of aromatic nitrogens is 2. The Labute approximate surface area is 153 Å². The fourth-order valence-electron chi connectivity index (χ4n) is 2.61. The van der Waals surface area contributed by atoms with E-state index in [1.54, 1.807) is 28.9 Å². The topological polar surface area (TPSA) is 70.4 Å². The molecule has 3 aromatic rings. The average Bonchev–Trinajstić information content (AvgIpc) is 2.93. The van der Waals surface area contributed by atoms with Crippen LogP contribution in [0.4, 0.5) is 0 Å². The summed E-state index contributed by atoms with van der Waals surface area (Å²) in [4.78, 5) is 0.0882. The fraction of sp³-hybridized carbons (Fsp3) is 0.211. The highest BCUT2D eigenvalue weighted by atomic mass is 32.2. The van der Waals surface area contributed by atoms with Gasteiger partial charge in [0.15, 0.2) is 5.75 Å². The van der Waals surface area contributed by atoms with Gasteiger partial charge in [-0.05, 0) is 51.1 Å². The van der Waals surface area contributed by atoms with Crippen molar-refractivity contribution < 1.29 is 17.3 Å². The van der Waals surface area contributed by atoms with Crippen molar-refractivity contribution in [3.63, 3.8) is 0 Å². The van der Waals surface area contributed by atoms with Crippen LogP contribution in [0.2, 0.25) is 0 Å². The number of aryl methyl sites for hydroxylation is 3. The molecule has 3 rings (SSSR count). The number of rotatable bonds is 5. The lowest BCUT2D eigenvalue weighted by Gasteiger charge is -2.14. The summed E-state index contributed by atoms with van der Waals surface area (Å²) in [5.41, 5.74) is 3.18. The van der Waals surface area contributed by atoms with E-state index in [0.29, 0.717) is 11.4 Å². The maximum Gasteiger partial charge on any atom is 0.339 e. The highest BCUT2D eigenvalue weighted by Crippen LogP contribution is 2.31. The second-order valence-electron chi connectivity index (χ2n) is 6.02. The van der Waals surface area contributed by atoms with Gasteiger partial charge in [-0.15, -0.1) is 0 Å². The Morgan fingerprint density at radius 3 is 2.23 bits per heavy atom. The lowest BCUT2D eigenvalue weighted by molar-refractivity contribution is 0.411. The summed E-state index contributed by atoms with van der Waals surface area (Å²) in [6, 6.07) is 13.4. The van der Waals surface area contributed by atoms with Gasteiger partial charge in [0.25, 0.3) is 0 Å². The van der Waals surface area contributed by atoms with Crippen molar-refractivity contribution in [3.8, 4) is 17.2 Å². The Kier molecular flexibility index (Phi) is 4.73. The molecule has 0 aliphatic carbocycles. The first kappa shape index (κ1) is 18.0. The van der Waals surface area contributed by atoms with Crippen molar-refractivity contribution in [2.45, 2.75) is 25.7 Å². The number of hydrogen-bond acceptors (Lipinski definition) is 5. The van der Waals surface area contributed by atoms with E-state index in [2.05, 4.69) is 5.10 Å². The van der Waals surface area contributed by atoms with Crippen LogP contribution in [0.5, 0.6) is 11.5 Å². The molecule has 1 heterocycles. The first-order valence-corrected chi connectivity index (χ1v) is 9.44. The average molecular weight is 372 g/mol. The largest absolute Gasteiger partial charge is 0.497 e. The minimum Gasteiger partial charge on any atom is -0.497 e. The van der Waals surface area contributed by atoms with Crippen molar-refractivity contribution in [1.82, 2.24) is 9.78 Å². The monoisotopic (exact) mass is 372 g/mol. The molecule has 0 amide bonds. The lowest BCUT2D eigenvalue weighted by atomic mass is 10.2. The maximum atomic E-state index is 12.7. The summed E-state index contributed by atoms with van der Waals surface area (Å²) in [6.07, 6.45) is 0. The second-order valence-corrected chi connectivity index (χ2v) is 7.57. The number of benzene rings is 2. The van der Waals surface area contributed by atoms with Gasteiger partial charge in [-0.25, -0.2) is 4.68 Å².